The fourth-order valence-electron chi connectivity index (χ4n) is 2.48. The Bertz CT molecular complexity index is 1200. The molecular formula is C24H25FN6O3S. The Kier molecular flexibility index (Phi) is 10.9. The van der Waals surface area contributed by atoms with E-state index in [9.17, 15) is 14.0 Å². The Morgan fingerprint density at radius 1 is 0.914 bits per heavy atom. The van der Waals surface area contributed by atoms with E-state index in [4.69, 9.17) is 22.3 Å². The molecular weight excluding hydrogens is 471 g/mol. The van der Waals surface area contributed by atoms with E-state index >= 15 is 0 Å². The molecule has 0 saturated heterocycles. The summed E-state index contributed by atoms with van der Waals surface area (Å²) in [6, 6.07) is 20.5. The first kappa shape index (κ1) is 27.1. The molecule has 35 heavy (non-hydrogen) atoms. The number of anilines is 2. The molecule has 11 heteroatoms. The number of halogens is 1. The van der Waals surface area contributed by atoms with Gasteiger partial charge in [-0.2, -0.15) is 0 Å². The molecule has 1 amide bonds. The molecule has 0 bridgehead atoms. The molecule has 0 aliphatic rings. The summed E-state index contributed by atoms with van der Waals surface area (Å²) in [5.74, 6) is -2.03. The lowest BCUT2D eigenvalue weighted by atomic mass is 10.1. The van der Waals surface area contributed by atoms with Gasteiger partial charge in [0.2, 0.25) is 0 Å². The van der Waals surface area contributed by atoms with Crippen LogP contribution in [0.3, 0.4) is 0 Å². The number of carboxylic acid groups (broad SMARTS) is 1. The number of amides is 1. The first-order chi connectivity index (χ1) is 16.8. The van der Waals surface area contributed by atoms with Crippen LogP contribution in [0.1, 0.15) is 32.0 Å². The Morgan fingerprint density at radius 2 is 1.49 bits per heavy atom. The van der Waals surface area contributed by atoms with Gasteiger partial charge >= 0.3 is 5.97 Å². The zero-order valence-corrected chi connectivity index (χ0v) is 19.4. The van der Waals surface area contributed by atoms with Crippen molar-refractivity contribution in [1.82, 2.24) is 9.59 Å². The molecule has 4 rings (SSSR count). The molecule has 0 aliphatic heterocycles. The summed E-state index contributed by atoms with van der Waals surface area (Å²) in [7, 11) is 0. The fourth-order valence-corrected chi connectivity index (χ4v) is 2.91. The van der Waals surface area contributed by atoms with Crippen LogP contribution in [0.15, 0.2) is 78.2 Å². The zero-order valence-electron chi connectivity index (χ0n) is 18.6. The average Bonchev–Trinajstić information content (AvgIpc) is 3.42. The summed E-state index contributed by atoms with van der Waals surface area (Å²) in [5.41, 5.74) is 19.8. The highest BCUT2D eigenvalue weighted by Crippen LogP contribution is 2.13. The van der Waals surface area contributed by atoms with Gasteiger partial charge in [-0.1, -0.05) is 40.9 Å². The summed E-state index contributed by atoms with van der Waals surface area (Å²) in [6.45, 7) is 1.03. The molecule has 182 valence electrons. The van der Waals surface area contributed by atoms with Crippen molar-refractivity contribution in [3.63, 3.8) is 0 Å². The molecule has 9 nitrogen and oxygen atoms in total. The number of carbonyl (C=O) groups excluding carboxylic acids is 1. The van der Waals surface area contributed by atoms with E-state index in [-0.39, 0.29) is 11.3 Å². The van der Waals surface area contributed by atoms with Crippen LogP contribution in [0.2, 0.25) is 0 Å². The first-order valence-corrected chi connectivity index (χ1v) is 11.1. The van der Waals surface area contributed by atoms with Crippen LogP contribution in [0, 0.1) is 5.82 Å². The van der Waals surface area contributed by atoms with Gasteiger partial charge in [0.1, 0.15) is 5.82 Å². The number of nitrogens with two attached hydrogens (primary N) is 3. The number of nitrogens with zero attached hydrogens (tertiary/aromatic N) is 2. The van der Waals surface area contributed by atoms with Gasteiger partial charge in [-0.15, -0.1) is 5.10 Å². The first-order valence-electron chi connectivity index (χ1n) is 10.2. The van der Waals surface area contributed by atoms with Crippen molar-refractivity contribution in [1.29, 1.82) is 0 Å². The number of aromatic nitrogens is 2. The maximum atomic E-state index is 13.4. The Labute approximate surface area is 205 Å². The van der Waals surface area contributed by atoms with Crippen LogP contribution >= 0.6 is 11.5 Å². The monoisotopic (exact) mass is 496 g/mol. The number of benzene rings is 3. The summed E-state index contributed by atoms with van der Waals surface area (Å²) in [4.78, 5) is 21.8. The van der Waals surface area contributed by atoms with Crippen molar-refractivity contribution in [3.05, 3.63) is 106 Å². The number of rotatable bonds is 5. The van der Waals surface area contributed by atoms with Crippen molar-refractivity contribution in [2.75, 3.05) is 11.1 Å². The van der Waals surface area contributed by atoms with Crippen LogP contribution < -0.4 is 22.5 Å². The number of carboxylic acids is 1. The van der Waals surface area contributed by atoms with Gasteiger partial charge in [0.25, 0.3) is 5.91 Å². The van der Waals surface area contributed by atoms with Crippen molar-refractivity contribution in [2.45, 2.75) is 13.1 Å². The molecule has 3 aromatic carbocycles. The van der Waals surface area contributed by atoms with Crippen LogP contribution in [0.4, 0.5) is 15.8 Å². The fraction of sp³-hybridized carbons (Fsp3) is 0.0833. The largest absolute Gasteiger partial charge is 0.476 e. The molecule has 0 unspecified atom stereocenters. The highest BCUT2D eigenvalue weighted by atomic mass is 32.1. The number of nitrogens with one attached hydrogen (secondary N) is 1. The standard InChI is InChI=1S/C14H13FN2O.C7H10N2.C3H2N2O2S/c15-13-4-2-1-3-12(13)14(18)17-11-7-5-10(9-16)6-8-11;8-5-6-1-3-7(9)4-2-6;6-3(7)2-1-8-5-4-2/h1-8H,9,16H2,(H,17,18);1-4H,5,8-9H2;1H,(H,6,7). The van der Waals surface area contributed by atoms with Gasteiger partial charge in [-0.25, -0.2) is 9.18 Å². The smallest absolute Gasteiger partial charge is 0.357 e. The Balaban J connectivity index is 0.000000211. The van der Waals surface area contributed by atoms with Crippen molar-refractivity contribution < 1.29 is 19.1 Å². The third kappa shape index (κ3) is 9.29. The van der Waals surface area contributed by atoms with Gasteiger partial charge < -0.3 is 27.6 Å². The van der Waals surface area contributed by atoms with E-state index in [2.05, 4.69) is 14.9 Å². The molecule has 0 fully saturated rings. The number of hydrogen-bond donors (Lipinski definition) is 5. The molecule has 0 saturated carbocycles. The second-order valence-electron chi connectivity index (χ2n) is 6.88. The topological polar surface area (TPSA) is 170 Å². The molecule has 1 heterocycles. The van der Waals surface area contributed by atoms with Crippen molar-refractivity contribution in [3.8, 4) is 0 Å². The van der Waals surface area contributed by atoms with E-state index in [1.807, 2.05) is 36.4 Å². The Morgan fingerprint density at radius 3 is 1.94 bits per heavy atom. The number of aromatic carboxylic acids is 1. The highest BCUT2D eigenvalue weighted by molar-refractivity contribution is 7.03. The maximum absolute atomic E-state index is 13.4. The predicted molar refractivity (Wildman–Crippen MR) is 134 cm³/mol. The molecule has 1 aromatic heterocycles. The summed E-state index contributed by atoms with van der Waals surface area (Å²) >= 11 is 1.03. The molecule has 0 aliphatic carbocycles. The van der Waals surface area contributed by atoms with E-state index in [0.717, 1.165) is 28.3 Å². The van der Waals surface area contributed by atoms with Crippen LogP contribution in [-0.4, -0.2) is 26.6 Å². The summed E-state index contributed by atoms with van der Waals surface area (Å²) in [6.07, 6.45) is 0. The SMILES string of the molecule is NCc1ccc(N)cc1.NCc1ccc(NC(=O)c2ccccc2F)cc1.O=C(O)c1csnn1. The van der Waals surface area contributed by atoms with Crippen molar-refractivity contribution in [2.24, 2.45) is 11.5 Å². The lowest BCUT2D eigenvalue weighted by Gasteiger charge is -2.06. The second-order valence-corrected chi connectivity index (χ2v) is 7.49. The van der Waals surface area contributed by atoms with E-state index < -0.39 is 17.7 Å². The second kappa shape index (κ2) is 14.2. The molecule has 0 spiro atoms. The van der Waals surface area contributed by atoms with Gasteiger partial charge in [0.05, 0.1) is 5.56 Å². The average molecular weight is 497 g/mol. The van der Waals surface area contributed by atoms with E-state index in [1.165, 1.54) is 17.5 Å². The third-order valence-electron chi connectivity index (χ3n) is 4.36. The summed E-state index contributed by atoms with van der Waals surface area (Å²) < 4.78 is 16.7. The Hall–Kier alpha value is -4.19. The van der Waals surface area contributed by atoms with Gasteiger partial charge in [-0.3, -0.25) is 4.79 Å². The van der Waals surface area contributed by atoms with E-state index in [0.29, 0.717) is 18.8 Å². The lowest BCUT2D eigenvalue weighted by molar-refractivity contribution is 0.0690. The van der Waals surface area contributed by atoms with Gasteiger partial charge in [-0.05, 0) is 59.1 Å². The summed E-state index contributed by atoms with van der Waals surface area (Å²) in [5, 5.41) is 15.5. The maximum Gasteiger partial charge on any atom is 0.357 e. The molecule has 4 aromatic rings. The van der Waals surface area contributed by atoms with Gasteiger partial charge in [0.15, 0.2) is 5.69 Å². The van der Waals surface area contributed by atoms with Crippen LogP contribution in [-0.2, 0) is 13.1 Å². The lowest BCUT2D eigenvalue weighted by Crippen LogP contribution is -2.13. The highest BCUT2D eigenvalue weighted by Gasteiger charge is 2.10. The minimum atomic E-state index is -1.03. The predicted octanol–water partition coefficient (Wildman–Crippen LogP) is 3.50. The third-order valence-corrected chi connectivity index (χ3v) is 4.87. The minimum Gasteiger partial charge on any atom is -0.476 e. The number of hydrogen-bond acceptors (Lipinski definition) is 8. The van der Waals surface area contributed by atoms with Gasteiger partial charge in [0, 0.05) is 29.8 Å². The molecule has 0 radical (unpaired) electrons. The minimum absolute atomic E-state index is 0.00926. The quantitative estimate of drug-likeness (QED) is 0.261. The van der Waals surface area contributed by atoms with Crippen LogP contribution in [0.25, 0.3) is 0 Å². The van der Waals surface area contributed by atoms with Crippen molar-refractivity contribution >= 4 is 34.8 Å². The number of carbonyl (C=O) groups is 2. The van der Waals surface area contributed by atoms with Crippen LogP contribution in [0.5, 0.6) is 0 Å². The van der Waals surface area contributed by atoms with E-state index in [1.54, 1.807) is 24.3 Å². The molecule has 8 N–H and O–H groups in total. The number of nitrogen functional groups attached to an aromatic ring is 1. The zero-order chi connectivity index (χ0) is 25.6. The molecule has 0 atom stereocenters. The normalized spacial score (nSPS) is 9.69.